The van der Waals surface area contributed by atoms with Gasteiger partial charge in [0.25, 0.3) is 5.91 Å². The monoisotopic (exact) mass is 323 g/mol. The van der Waals surface area contributed by atoms with Crippen LogP contribution in [-0.4, -0.2) is 23.0 Å². The highest BCUT2D eigenvalue weighted by Gasteiger charge is 2.22. The first-order valence-corrected chi connectivity index (χ1v) is 7.98. The number of imidazole rings is 1. The molecule has 5 nitrogen and oxygen atoms in total. The van der Waals surface area contributed by atoms with Crippen LogP contribution in [0.2, 0.25) is 0 Å². The van der Waals surface area contributed by atoms with E-state index in [1.165, 1.54) is 0 Å². The minimum absolute atomic E-state index is 0.128. The predicted molar refractivity (Wildman–Crippen MR) is 94.1 cm³/mol. The molecule has 1 heterocycles. The molecule has 5 heteroatoms. The lowest BCUT2D eigenvalue weighted by Gasteiger charge is -2.20. The number of carbonyl (C=O) groups excluding carboxylic acids is 1. The number of aromatic nitrogens is 2. The Morgan fingerprint density at radius 1 is 1.12 bits per heavy atom. The quantitative estimate of drug-likeness (QED) is 0.752. The number of aromatic amines is 1. The van der Waals surface area contributed by atoms with Gasteiger partial charge in [0.1, 0.15) is 11.6 Å². The van der Waals surface area contributed by atoms with Crippen LogP contribution in [0.4, 0.5) is 0 Å². The maximum atomic E-state index is 12.6. The van der Waals surface area contributed by atoms with Gasteiger partial charge in [0.15, 0.2) is 0 Å². The number of benzene rings is 2. The average Bonchev–Trinajstić information content (AvgIpc) is 3.02. The first-order chi connectivity index (χ1) is 11.6. The highest BCUT2D eigenvalue weighted by atomic mass is 16.5. The van der Waals surface area contributed by atoms with Crippen LogP contribution in [0.3, 0.4) is 0 Å². The van der Waals surface area contributed by atoms with E-state index in [-0.39, 0.29) is 17.9 Å². The number of rotatable bonds is 5. The summed E-state index contributed by atoms with van der Waals surface area (Å²) in [6.45, 7) is 4.12. The molecule has 0 unspecified atom stereocenters. The third-order valence-corrected chi connectivity index (χ3v) is 4.01. The molecule has 0 radical (unpaired) electrons. The lowest BCUT2D eigenvalue weighted by molar-refractivity contribution is 0.0923. The van der Waals surface area contributed by atoms with Gasteiger partial charge < -0.3 is 15.0 Å². The normalized spacial score (nSPS) is 12.3. The summed E-state index contributed by atoms with van der Waals surface area (Å²) >= 11 is 0. The van der Waals surface area contributed by atoms with Crippen LogP contribution in [0.15, 0.2) is 48.5 Å². The summed E-state index contributed by atoms with van der Waals surface area (Å²) in [7, 11) is 1.60. The molecule has 2 N–H and O–H groups in total. The molecule has 2 aromatic carbocycles. The molecule has 1 amide bonds. The van der Waals surface area contributed by atoms with Gasteiger partial charge in [-0.25, -0.2) is 4.98 Å². The Morgan fingerprint density at radius 2 is 1.83 bits per heavy atom. The first kappa shape index (κ1) is 16.1. The van der Waals surface area contributed by atoms with E-state index in [1.807, 2.05) is 24.3 Å². The number of methoxy groups -OCH3 is 1. The van der Waals surface area contributed by atoms with Crippen LogP contribution in [-0.2, 0) is 0 Å². The van der Waals surface area contributed by atoms with E-state index in [1.54, 1.807) is 31.4 Å². The Balaban J connectivity index is 1.84. The number of ether oxygens (including phenoxy) is 1. The number of hydrogen-bond donors (Lipinski definition) is 2. The fraction of sp³-hybridized carbons (Fsp3) is 0.263. The zero-order valence-corrected chi connectivity index (χ0v) is 14.0. The van der Waals surface area contributed by atoms with Crippen molar-refractivity contribution in [2.45, 2.75) is 19.9 Å². The van der Waals surface area contributed by atoms with Crippen molar-refractivity contribution in [2.75, 3.05) is 7.11 Å². The molecule has 0 fully saturated rings. The predicted octanol–water partition coefficient (Wildman–Crippen LogP) is 3.70. The second-order valence-electron chi connectivity index (χ2n) is 6.06. The molecule has 3 rings (SSSR count). The molecule has 0 aliphatic heterocycles. The lowest BCUT2D eigenvalue weighted by Crippen LogP contribution is -2.32. The maximum absolute atomic E-state index is 12.6. The SMILES string of the molecule is COc1ccc(C(=O)N[C@H](c2nc3ccccc3[nH]2)C(C)C)cc1. The van der Waals surface area contributed by atoms with Gasteiger partial charge in [-0.2, -0.15) is 0 Å². The molecule has 24 heavy (non-hydrogen) atoms. The van der Waals surface area contributed by atoms with Gasteiger partial charge in [-0.15, -0.1) is 0 Å². The van der Waals surface area contributed by atoms with E-state index in [9.17, 15) is 4.79 Å². The Labute approximate surface area is 141 Å². The van der Waals surface area contributed by atoms with E-state index >= 15 is 0 Å². The molecule has 3 aromatic rings. The molecule has 0 spiro atoms. The number of nitrogens with zero attached hydrogens (tertiary/aromatic N) is 1. The Kier molecular flexibility index (Phi) is 4.51. The Hall–Kier alpha value is -2.82. The fourth-order valence-electron chi connectivity index (χ4n) is 2.64. The average molecular weight is 323 g/mol. The fourth-order valence-corrected chi connectivity index (χ4v) is 2.64. The summed E-state index contributed by atoms with van der Waals surface area (Å²) in [6.07, 6.45) is 0. The molecular formula is C19H21N3O2. The summed E-state index contributed by atoms with van der Waals surface area (Å²) in [5, 5.41) is 3.07. The molecule has 0 saturated carbocycles. The third-order valence-electron chi connectivity index (χ3n) is 4.01. The minimum atomic E-state index is -0.188. The number of carbonyl (C=O) groups is 1. The van der Waals surface area contributed by atoms with Gasteiger partial charge in [-0.05, 0) is 42.3 Å². The van der Waals surface area contributed by atoms with E-state index in [4.69, 9.17) is 4.74 Å². The summed E-state index contributed by atoms with van der Waals surface area (Å²) in [5.41, 5.74) is 2.46. The molecule has 0 aliphatic rings. The number of para-hydroxylation sites is 2. The summed E-state index contributed by atoms with van der Waals surface area (Å²) in [6, 6.07) is 14.7. The highest BCUT2D eigenvalue weighted by Crippen LogP contribution is 2.23. The van der Waals surface area contributed by atoms with Gasteiger partial charge in [0.05, 0.1) is 24.2 Å². The zero-order chi connectivity index (χ0) is 17.1. The lowest BCUT2D eigenvalue weighted by atomic mass is 10.0. The summed E-state index contributed by atoms with van der Waals surface area (Å²) < 4.78 is 5.12. The zero-order valence-electron chi connectivity index (χ0n) is 14.0. The van der Waals surface area contributed by atoms with Crippen LogP contribution >= 0.6 is 0 Å². The number of nitrogens with one attached hydrogen (secondary N) is 2. The van der Waals surface area contributed by atoms with Gasteiger partial charge >= 0.3 is 0 Å². The van der Waals surface area contributed by atoms with E-state index in [0.29, 0.717) is 5.56 Å². The number of fused-ring (bicyclic) bond motifs is 1. The van der Waals surface area contributed by atoms with E-state index in [2.05, 4.69) is 29.1 Å². The van der Waals surface area contributed by atoms with Crippen LogP contribution in [0, 0.1) is 5.92 Å². The second kappa shape index (κ2) is 6.74. The molecule has 1 atom stereocenters. The van der Waals surface area contributed by atoms with Gasteiger partial charge in [-0.3, -0.25) is 4.79 Å². The third kappa shape index (κ3) is 3.25. The van der Waals surface area contributed by atoms with Crippen molar-refractivity contribution in [1.82, 2.24) is 15.3 Å². The van der Waals surface area contributed by atoms with E-state index in [0.717, 1.165) is 22.6 Å². The molecular weight excluding hydrogens is 302 g/mol. The van der Waals surface area contributed by atoms with E-state index < -0.39 is 0 Å². The molecule has 0 aliphatic carbocycles. The van der Waals surface area contributed by atoms with Crippen molar-refractivity contribution in [2.24, 2.45) is 5.92 Å². The van der Waals surface area contributed by atoms with Crippen molar-refractivity contribution >= 4 is 16.9 Å². The standard InChI is InChI=1S/C19H21N3O2/c1-12(2)17(18-20-15-6-4-5-7-16(15)21-18)22-19(23)13-8-10-14(24-3)11-9-13/h4-12,17H,1-3H3,(H,20,21)(H,22,23)/t17-/m0/s1. The van der Waals surface area contributed by atoms with Crippen molar-refractivity contribution in [3.05, 3.63) is 59.9 Å². The molecule has 0 saturated heterocycles. The van der Waals surface area contributed by atoms with Crippen LogP contribution in [0.5, 0.6) is 5.75 Å². The second-order valence-corrected chi connectivity index (χ2v) is 6.06. The smallest absolute Gasteiger partial charge is 0.251 e. The molecule has 124 valence electrons. The number of H-pyrrole nitrogens is 1. The van der Waals surface area contributed by atoms with Crippen molar-refractivity contribution in [1.29, 1.82) is 0 Å². The maximum Gasteiger partial charge on any atom is 0.251 e. The molecule has 0 bridgehead atoms. The largest absolute Gasteiger partial charge is 0.497 e. The van der Waals surface area contributed by atoms with Crippen LogP contribution < -0.4 is 10.1 Å². The summed E-state index contributed by atoms with van der Waals surface area (Å²) in [4.78, 5) is 20.5. The number of amides is 1. The number of hydrogen-bond acceptors (Lipinski definition) is 3. The van der Waals surface area contributed by atoms with Crippen molar-refractivity contribution in [3.8, 4) is 5.75 Å². The van der Waals surface area contributed by atoms with Gasteiger partial charge in [-0.1, -0.05) is 26.0 Å². The Bertz CT molecular complexity index is 804. The topological polar surface area (TPSA) is 67.0 Å². The van der Waals surface area contributed by atoms with Crippen LogP contribution in [0.1, 0.15) is 36.1 Å². The van der Waals surface area contributed by atoms with Gasteiger partial charge in [0.2, 0.25) is 0 Å². The minimum Gasteiger partial charge on any atom is -0.497 e. The van der Waals surface area contributed by atoms with Gasteiger partial charge in [0, 0.05) is 5.56 Å². The van der Waals surface area contributed by atoms with Crippen molar-refractivity contribution in [3.63, 3.8) is 0 Å². The van der Waals surface area contributed by atoms with Crippen LogP contribution in [0.25, 0.3) is 11.0 Å². The summed E-state index contributed by atoms with van der Waals surface area (Å²) in [5.74, 6) is 1.57. The first-order valence-electron chi connectivity index (χ1n) is 7.98. The van der Waals surface area contributed by atoms with Crippen molar-refractivity contribution < 1.29 is 9.53 Å². The highest BCUT2D eigenvalue weighted by molar-refractivity contribution is 5.94. The Morgan fingerprint density at radius 3 is 2.46 bits per heavy atom. The molecule has 1 aromatic heterocycles.